The molecule has 1 aliphatic rings. The predicted octanol–water partition coefficient (Wildman–Crippen LogP) is 2.96. The smallest absolute Gasteiger partial charge is 0.0907 e. The van der Waals surface area contributed by atoms with Crippen molar-refractivity contribution in [1.82, 2.24) is 9.88 Å². The van der Waals surface area contributed by atoms with Crippen LogP contribution < -0.4 is 10.6 Å². The molecular formula is C16H24N4S. The molecule has 1 saturated heterocycles. The molecule has 0 amide bonds. The van der Waals surface area contributed by atoms with Crippen molar-refractivity contribution in [2.45, 2.75) is 19.8 Å². The third-order valence-electron chi connectivity index (χ3n) is 4.43. The summed E-state index contributed by atoms with van der Waals surface area (Å²) in [6.45, 7) is 5.53. The molecular weight excluding hydrogens is 280 g/mol. The zero-order chi connectivity index (χ0) is 15.0. The molecule has 0 radical (unpaired) electrons. The first-order valence-electron chi connectivity index (χ1n) is 7.59. The summed E-state index contributed by atoms with van der Waals surface area (Å²) in [5.74, 6) is 0.762. The van der Waals surface area contributed by atoms with Crippen LogP contribution in [0.4, 0.5) is 11.4 Å². The largest absolute Gasteiger partial charge is 0.397 e. The first-order valence-corrected chi connectivity index (χ1v) is 8.41. The van der Waals surface area contributed by atoms with E-state index in [2.05, 4.69) is 41.0 Å². The molecule has 1 fully saturated rings. The van der Waals surface area contributed by atoms with Crippen LogP contribution in [0.1, 0.15) is 17.8 Å². The lowest BCUT2D eigenvalue weighted by atomic mass is 9.96. The SMILES string of the molecule is Cc1nc2cc(N(C)CC3CCN(C)CC3)c(N)cc2s1. The third-order valence-corrected chi connectivity index (χ3v) is 5.36. The molecule has 0 saturated carbocycles. The number of likely N-dealkylation sites (tertiary alicyclic amines) is 1. The molecule has 4 nitrogen and oxygen atoms in total. The average molecular weight is 304 g/mol. The van der Waals surface area contributed by atoms with Gasteiger partial charge < -0.3 is 15.5 Å². The molecule has 0 spiro atoms. The van der Waals surface area contributed by atoms with Gasteiger partial charge in [-0.3, -0.25) is 0 Å². The molecule has 3 rings (SSSR count). The van der Waals surface area contributed by atoms with Crippen molar-refractivity contribution in [3.05, 3.63) is 17.1 Å². The number of benzene rings is 1. The summed E-state index contributed by atoms with van der Waals surface area (Å²) in [6.07, 6.45) is 2.55. The highest BCUT2D eigenvalue weighted by molar-refractivity contribution is 7.18. The monoisotopic (exact) mass is 304 g/mol. The van der Waals surface area contributed by atoms with Crippen LogP contribution in [0.3, 0.4) is 0 Å². The summed E-state index contributed by atoms with van der Waals surface area (Å²) in [7, 11) is 4.35. The van der Waals surface area contributed by atoms with E-state index in [1.54, 1.807) is 11.3 Å². The first kappa shape index (κ1) is 14.6. The summed E-state index contributed by atoms with van der Waals surface area (Å²) in [5, 5.41) is 1.10. The van der Waals surface area contributed by atoms with Crippen LogP contribution in [-0.4, -0.2) is 43.6 Å². The molecule has 114 valence electrons. The van der Waals surface area contributed by atoms with Crippen molar-refractivity contribution in [3.63, 3.8) is 0 Å². The number of hydrogen-bond donors (Lipinski definition) is 1. The molecule has 1 aromatic heterocycles. The van der Waals surface area contributed by atoms with E-state index in [0.717, 1.165) is 34.4 Å². The lowest BCUT2D eigenvalue weighted by Gasteiger charge is -2.32. The summed E-state index contributed by atoms with van der Waals surface area (Å²) in [5.41, 5.74) is 9.30. The van der Waals surface area contributed by atoms with E-state index < -0.39 is 0 Å². The Balaban J connectivity index is 1.77. The number of nitrogen functional groups attached to an aromatic ring is 1. The Morgan fingerprint density at radius 3 is 2.81 bits per heavy atom. The van der Waals surface area contributed by atoms with Crippen LogP contribution >= 0.6 is 11.3 Å². The van der Waals surface area contributed by atoms with Crippen LogP contribution in [0.25, 0.3) is 10.2 Å². The number of rotatable bonds is 3. The van der Waals surface area contributed by atoms with Crippen molar-refractivity contribution in [2.75, 3.05) is 44.4 Å². The van der Waals surface area contributed by atoms with Gasteiger partial charge in [0.1, 0.15) is 0 Å². The molecule has 0 aliphatic carbocycles. The van der Waals surface area contributed by atoms with E-state index in [1.807, 2.05) is 6.92 Å². The van der Waals surface area contributed by atoms with Crippen molar-refractivity contribution >= 4 is 32.9 Å². The van der Waals surface area contributed by atoms with E-state index >= 15 is 0 Å². The van der Waals surface area contributed by atoms with E-state index in [9.17, 15) is 0 Å². The Kier molecular flexibility index (Phi) is 4.04. The highest BCUT2D eigenvalue weighted by Crippen LogP contribution is 2.32. The van der Waals surface area contributed by atoms with Crippen molar-refractivity contribution in [1.29, 1.82) is 0 Å². The van der Waals surface area contributed by atoms with Crippen LogP contribution in [-0.2, 0) is 0 Å². The Morgan fingerprint density at radius 1 is 1.38 bits per heavy atom. The second kappa shape index (κ2) is 5.81. The fourth-order valence-electron chi connectivity index (χ4n) is 3.15. The molecule has 0 unspecified atom stereocenters. The lowest BCUT2D eigenvalue weighted by molar-refractivity contribution is 0.222. The minimum atomic E-state index is 0.762. The molecule has 1 aromatic carbocycles. The van der Waals surface area contributed by atoms with Gasteiger partial charge in [0.25, 0.3) is 0 Å². The molecule has 0 atom stereocenters. The van der Waals surface area contributed by atoms with E-state index in [-0.39, 0.29) is 0 Å². The van der Waals surface area contributed by atoms with Gasteiger partial charge in [-0.25, -0.2) is 4.98 Å². The highest BCUT2D eigenvalue weighted by atomic mass is 32.1. The second-order valence-corrected chi connectivity index (χ2v) is 7.47. The fourth-order valence-corrected chi connectivity index (χ4v) is 4.01. The van der Waals surface area contributed by atoms with Crippen molar-refractivity contribution in [3.8, 4) is 0 Å². The number of nitrogens with zero attached hydrogens (tertiary/aromatic N) is 3. The minimum Gasteiger partial charge on any atom is -0.397 e. The van der Waals surface area contributed by atoms with Crippen LogP contribution in [0.5, 0.6) is 0 Å². The highest BCUT2D eigenvalue weighted by Gasteiger charge is 2.19. The molecule has 0 bridgehead atoms. The summed E-state index contributed by atoms with van der Waals surface area (Å²) in [6, 6.07) is 4.21. The molecule has 2 aromatic rings. The van der Waals surface area contributed by atoms with E-state index in [0.29, 0.717) is 0 Å². The van der Waals surface area contributed by atoms with Gasteiger partial charge in [0, 0.05) is 13.6 Å². The first-order chi connectivity index (χ1) is 10.0. The zero-order valence-electron chi connectivity index (χ0n) is 13.1. The number of anilines is 2. The number of hydrogen-bond acceptors (Lipinski definition) is 5. The van der Waals surface area contributed by atoms with Crippen LogP contribution in [0, 0.1) is 12.8 Å². The fraction of sp³-hybridized carbons (Fsp3) is 0.562. The van der Waals surface area contributed by atoms with Gasteiger partial charge in [-0.2, -0.15) is 0 Å². The lowest BCUT2D eigenvalue weighted by Crippen LogP contribution is -2.35. The summed E-state index contributed by atoms with van der Waals surface area (Å²) < 4.78 is 1.18. The molecule has 2 heterocycles. The normalized spacial score (nSPS) is 17.5. The van der Waals surface area contributed by atoms with Gasteiger partial charge >= 0.3 is 0 Å². The number of nitrogens with two attached hydrogens (primary N) is 1. The quantitative estimate of drug-likeness (QED) is 0.886. The van der Waals surface area contributed by atoms with Crippen LogP contribution in [0.15, 0.2) is 12.1 Å². The number of aryl methyl sites for hydroxylation is 1. The van der Waals surface area contributed by atoms with Crippen molar-refractivity contribution in [2.24, 2.45) is 5.92 Å². The van der Waals surface area contributed by atoms with Gasteiger partial charge in [-0.1, -0.05) is 0 Å². The molecule has 2 N–H and O–H groups in total. The number of aromatic nitrogens is 1. The van der Waals surface area contributed by atoms with Gasteiger partial charge in [-0.05, 0) is 58.0 Å². The summed E-state index contributed by atoms with van der Waals surface area (Å²) >= 11 is 1.71. The zero-order valence-corrected chi connectivity index (χ0v) is 13.9. The number of thiazole rings is 1. The third kappa shape index (κ3) is 3.14. The summed E-state index contributed by atoms with van der Waals surface area (Å²) in [4.78, 5) is 9.30. The topological polar surface area (TPSA) is 45.4 Å². The Bertz CT molecular complexity index is 628. The predicted molar refractivity (Wildman–Crippen MR) is 92.3 cm³/mol. The van der Waals surface area contributed by atoms with Crippen molar-refractivity contribution < 1.29 is 0 Å². The maximum atomic E-state index is 6.25. The molecule has 21 heavy (non-hydrogen) atoms. The molecule has 5 heteroatoms. The number of piperidine rings is 1. The van der Waals surface area contributed by atoms with Crippen LogP contribution in [0.2, 0.25) is 0 Å². The molecule has 1 aliphatic heterocycles. The Labute approximate surface area is 130 Å². The van der Waals surface area contributed by atoms with Gasteiger partial charge in [-0.15, -0.1) is 11.3 Å². The van der Waals surface area contributed by atoms with E-state index in [1.165, 1.54) is 30.6 Å². The Hall–Kier alpha value is -1.33. The number of fused-ring (bicyclic) bond motifs is 1. The standard InChI is InChI=1S/C16H24N4S/c1-11-18-14-9-15(13(17)8-16(14)21-11)20(3)10-12-4-6-19(2)7-5-12/h8-9,12H,4-7,10,17H2,1-3H3. The average Bonchev–Trinajstić information content (AvgIpc) is 2.79. The second-order valence-electron chi connectivity index (χ2n) is 6.24. The minimum absolute atomic E-state index is 0.762. The maximum Gasteiger partial charge on any atom is 0.0907 e. The van der Waals surface area contributed by atoms with Gasteiger partial charge in [0.2, 0.25) is 0 Å². The maximum absolute atomic E-state index is 6.25. The Morgan fingerprint density at radius 2 is 2.10 bits per heavy atom. The van der Waals surface area contributed by atoms with Gasteiger partial charge in [0.15, 0.2) is 0 Å². The van der Waals surface area contributed by atoms with Gasteiger partial charge in [0.05, 0.1) is 26.6 Å². The van der Waals surface area contributed by atoms with E-state index in [4.69, 9.17) is 5.73 Å².